The molecule has 4 rings (SSSR count). The molecule has 1 unspecified atom stereocenters. The molecular formula is C18H18O2. The molecular weight excluding hydrogens is 248 g/mol. The Morgan fingerprint density at radius 1 is 1.00 bits per heavy atom. The summed E-state index contributed by atoms with van der Waals surface area (Å²) in [5, 5.41) is 2.33. The van der Waals surface area contributed by atoms with Gasteiger partial charge in [0.2, 0.25) is 0 Å². The number of hydrogen-bond donors (Lipinski definition) is 0. The monoisotopic (exact) mass is 266 g/mol. The van der Waals surface area contributed by atoms with Gasteiger partial charge in [-0.15, -0.1) is 0 Å². The Morgan fingerprint density at radius 2 is 1.75 bits per heavy atom. The standard InChI is InChI=1S/C18H18O2/c19-16-12-17(18(16)10-3-4-11-18)20-15-9-5-7-13-6-1-2-8-14(13)15/h1-2,5-9,17H,3-4,10-12H2. The SMILES string of the molecule is O=C1CC(Oc2cccc3ccccc23)C12CCCC2. The summed E-state index contributed by atoms with van der Waals surface area (Å²) >= 11 is 0. The van der Waals surface area contributed by atoms with Crippen LogP contribution in [0, 0.1) is 5.41 Å². The van der Waals surface area contributed by atoms with E-state index in [1.807, 2.05) is 24.3 Å². The van der Waals surface area contributed by atoms with Crippen LogP contribution in [0.3, 0.4) is 0 Å². The number of ether oxygens (including phenoxy) is 1. The van der Waals surface area contributed by atoms with Crippen LogP contribution in [-0.2, 0) is 4.79 Å². The van der Waals surface area contributed by atoms with E-state index in [9.17, 15) is 4.79 Å². The molecule has 0 bridgehead atoms. The maximum Gasteiger partial charge on any atom is 0.146 e. The third-order valence-electron chi connectivity index (χ3n) is 5.06. The van der Waals surface area contributed by atoms with Gasteiger partial charge in [-0.2, -0.15) is 0 Å². The van der Waals surface area contributed by atoms with Crippen molar-refractivity contribution < 1.29 is 9.53 Å². The first-order chi connectivity index (χ1) is 9.79. The molecule has 2 saturated carbocycles. The van der Waals surface area contributed by atoms with E-state index in [1.165, 1.54) is 18.2 Å². The van der Waals surface area contributed by atoms with Crippen LogP contribution in [0.1, 0.15) is 32.1 Å². The van der Waals surface area contributed by atoms with Crippen LogP contribution in [0.15, 0.2) is 42.5 Å². The van der Waals surface area contributed by atoms with Crippen LogP contribution >= 0.6 is 0 Å². The van der Waals surface area contributed by atoms with Crippen LogP contribution < -0.4 is 4.74 Å². The van der Waals surface area contributed by atoms with E-state index in [2.05, 4.69) is 18.2 Å². The molecule has 0 amide bonds. The Morgan fingerprint density at radius 3 is 2.55 bits per heavy atom. The van der Waals surface area contributed by atoms with Gasteiger partial charge in [0.25, 0.3) is 0 Å². The van der Waals surface area contributed by atoms with Gasteiger partial charge in [-0.05, 0) is 24.3 Å². The van der Waals surface area contributed by atoms with Crippen molar-refractivity contribution >= 4 is 16.6 Å². The van der Waals surface area contributed by atoms with Crippen molar-refractivity contribution in [2.24, 2.45) is 5.41 Å². The maximum atomic E-state index is 12.0. The number of benzene rings is 2. The molecule has 0 aliphatic heterocycles. The summed E-state index contributed by atoms with van der Waals surface area (Å²) in [6.07, 6.45) is 5.04. The van der Waals surface area contributed by atoms with E-state index in [0.29, 0.717) is 12.2 Å². The lowest BCUT2D eigenvalue weighted by Gasteiger charge is -2.44. The van der Waals surface area contributed by atoms with Gasteiger partial charge in [0.15, 0.2) is 0 Å². The summed E-state index contributed by atoms with van der Waals surface area (Å²) in [6, 6.07) is 14.4. The molecule has 1 spiro atoms. The molecule has 2 aliphatic carbocycles. The third kappa shape index (κ3) is 1.60. The van der Waals surface area contributed by atoms with Crippen molar-refractivity contribution in [1.82, 2.24) is 0 Å². The van der Waals surface area contributed by atoms with E-state index in [-0.39, 0.29) is 11.5 Å². The Kier molecular flexibility index (Phi) is 2.59. The second-order valence-electron chi connectivity index (χ2n) is 6.07. The lowest BCUT2D eigenvalue weighted by atomic mass is 9.63. The Bertz CT molecular complexity index is 663. The van der Waals surface area contributed by atoms with Crippen molar-refractivity contribution in [3.05, 3.63) is 42.5 Å². The van der Waals surface area contributed by atoms with Crippen molar-refractivity contribution in [3.8, 4) is 5.75 Å². The van der Waals surface area contributed by atoms with Crippen molar-refractivity contribution in [2.45, 2.75) is 38.2 Å². The average molecular weight is 266 g/mol. The largest absolute Gasteiger partial charge is 0.488 e. The molecule has 0 saturated heterocycles. The highest BCUT2D eigenvalue weighted by Crippen LogP contribution is 2.52. The highest BCUT2D eigenvalue weighted by molar-refractivity contribution is 5.93. The van der Waals surface area contributed by atoms with Gasteiger partial charge in [-0.3, -0.25) is 4.79 Å². The zero-order valence-corrected chi connectivity index (χ0v) is 11.5. The highest BCUT2D eigenvalue weighted by Gasteiger charge is 2.57. The molecule has 0 heterocycles. The highest BCUT2D eigenvalue weighted by atomic mass is 16.5. The van der Waals surface area contributed by atoms with Crippen molar-refractivity contribution in [2.75, 3.05) is 0 Å². The molecule has 0 radical (unpaired) electrons. The number of ketones is 1. The minimum absolute atomic E-state index is 0.0864. The molecule has 0 aromatic heterocycles. The predicted octanol–water partition coefficient (Wildman–Crippen LogP) is 4.12. The number of hydrogen-bond acceptors (Lipinski definition) is 2. The van der Waals surface area contributed by atoms with Gasteiger partial charge in [-0.25, -0.2) is 0 Å². The first-order valence-corrected chi connectivity index (χ1v) is 7.47. The van der Waals surface area contributed by atoms with Crippen molar-refractivity contribution in [1.29, 1.82) is 0 Å². The zero-order chi connectivity index (χ0) is 13.6. The zero-order valence-electron chi connectivity index (χ0n) is 11.5. The summed E-state index contributed by atoms with van der Waals surface area (Å²) in [5.74, 6) is 1.34. The predicted molar refractivity (Wildman–Crippen MR) is 78.9 cm³/mol. The van der Waals surface area contributed by atoms with E-state index in [0.717, 1.165) is 24.0 Å². The Balaban J connectivity index is 1.67. The summed E-state index contributed by atoms with van der Waals surface area (Å²) < 4.78 is 6.25. The topological polar surface area (TPSA) is 26.3 Å². The van der Waals surface area contributed by atoms with Gasteiger partial charge in [0, 0.05) is 11.8 Å². The lowest BCUT2D eigenvalue weighted by Crippen LogP contribution is -2.55. The summed E-state index contributed by atoms with van der Waals surface area (Å²) in [6.45, 7) is 0. The van der Waals surface area contributed by atoms with Gasteiger partial charge in [0.05, 0.1) is 5.41 Å². The van der Waals surface area contributed by atoms with Crippen molar-refractivity contribution in [3.63, 3.8) is 0 Å². The van der Waals surface area contributed by atoms with Gasteiger partial charge in [-0.1, -0.05) is 49.2 Å². The molecule has 20 heavy (non-hydrogen) atoms. The normalized spacial score (nSPS) is 24.0. The number of carbonyl (C=O) groups is 1. The Hall–Kier alpha value is -1.83. The minimum atomic E-state index is -0.156. The molecule has 2 aromatic rings. The number of rotatable bonds is 2. The van der Waals surface area contributed by atoms with Crippen LogP contribution in [0.2, 0.25) is 0 Å². The maximum absolute atomic E-state index is 12.0. The molecule has 1 atom stereocenters. The Labute approximate surface area is 118 Å². The molecule has 102 valence electrons. The number of carbonyl (C=O) groups excluding carboxylic acids is 1. The van der Waals surface area contributed by atoms with E-state index in [1.54, 1.807) is 0 Å². The molecule has 0 N–H and O–H groups in total. The molecule has 2 aliphatic rings. The van der Waals surface area contributed by atoms with Crippen LogP contribution in [0.25, 0.3) is 10.8 Å². The molecule has 2 fully saturated rings. The summed E-state index contributed by atoms with van der Waals surface area (Å²) in [7, 11) is 0. The third-order valence-corrected chi connectivity index (χ3v) is 5.06. The minimum Gasteiger partial charge on any atom is -0.488 e. The molecule has 2 aromatic carbocycles. The van der Waals surface area contributed by atoms with Crippen LogP contribution in [-0.4, -0.2) is 11.9 Å². The quantitative estimate of drug-likeness (QED) is 0.817. The smallest absolute Gasteiger partial charge is 0.146 e. The van der Waals surface area contributed by atoms with Gasteiger partial charge >= 0.3 is 0 Å². The number of Topliss-reactive ketones (excluding diaryl/α,β-unsaturated/α-hetero) is 1. The van der Waals surface area contributed by atoms with E-state index in [4.69, 9.17) is 4.74 Å². The molecule has 2 heteroatoms. The second kappa shape index (κ2) is 4.34. The van der Waals surface area contributed by atoms with E-state index >= 15 is 0 Å². The summed E-state index contributed by atoms with van der Waals surface area (Å²) in [4.78, 5) is 12.0. The first kappa shape index (κ1) is 12.0. The second-order valence-corrected chi connectivity index (χ2v) is 6.07. The number of fused-ring (bicyclic) bond motifs is 1. The first-order valence-electron chi connectivity index (χ1n) is 7.47. The summed E-state index contributed by atoms with van der Waals surface area (Å²) in [5.41, 5.74) is -0.156. The van der Waals surface area contributed by atoms with Crippen LogP contribution in [0.5, 0.6) is 5.75 Å². The fraction of sp³-hybridized carbons (Fsp3) is 0.389. The molecule has 2 nitrogen and oxygen atoms in total. The fourth-order valence-corrected chi connectivity index (χ4v) is 3.83. The van der Waals surface area contributed by atoms with Gasteiger partial charge < -0.3 is 4.74 Å². The fourth-order valence-electron chi connectivity index (χ4n) is 3.83. The lowest BCUT2D eigenvalue weighted by molar-refractivity contribution is -0.151. The van der Waals surface area contributed by atoms with Crippen LogP contribution in [0.4, 0.5) is 0 Å². The van der Waals surface area contributed by atoms with Gasteiger partial charge in [0.1, 0.15) is 17.6 Å². The average Bonchev–Trinajstić information content (AvgIpc) is 3.00. The van der Waals surface area contributed by atoms with E-state index < -0.39 is 0 Å².